The van der Waals surface area contributed by atoms with Crippen LogP contribution in [0.2, 0.25) is 0 Å². The zero-order valence-corrected chi connectivity index (χ0v) is 25.4. The standard InChI is InChI=1S/C28H31ClN4O9S/c1-17(2)22(26(36)41-16-19-11-13-20(14-12-19)33(38)39)31-24(35)23(25(31)43(29)40)32(30-27(37)42-28(3,4)5)21(34)15-18-9-7-6-8-10-18/h6-14,22-23,25H,1,15-16H2,2-5H3,(H,30,37). The molecular formula is C28H31ClN4O9S. The van der Waals surface area contributed by atoms with E-state index < -0.39 is 62.2 Å². The number of hydrazine groups is 1. The number of benzene rings is 2. The number of hydrogen-bond donors (Lipinski definition) is 1. The maximum atomic E-state index is 13.6. The lowest BCUT2D eigenvalue weighted by Crippen LogP contribution is -2.78. The molecule has 0 radical (unpaired) electrons. The number of nitro groups is 1. The van der Waals surface area contributed by atoms with Crippen LogP contribution in [0.25, 0.3) is 0 Å². The summed E-state index contributed by atoms with van der Waals surface area (Å²) in [4.78, 5) is 64.1. The smallest absolute Gasteiger partial charge is 0.426 e. The zero-order valence-electron chi connectivity index (χ0n) is 23.9. The van der Waals surface area contributed by atoms with Crippen LogP contribution in [0, 0.1) is 10.1 Å². The van der Waals surface area contributed by atoms with Gasteiger partial charge >= 0.3 is 12.1 Å². The lowest BCUT2D eigenvalue weighted by atomic mass is 9.98. The first-order chi connectivity index (χ1) is 20.1. The average molecular weight is 635 g/mol. The van der Waals surface area contributed by atoms with E-state index in [1.807, 2.05) is 0 Å². The van der Waals surface area contributed by atoms with E-state index in [4.69, 9.17) is 20.2 Å². The van der Waals surface area contributed by atoms with Crippen molar-refractivity contribution in [1.29, 1.82) is 0 Å². The number of nitro benzene ring substituents is 1. The van der Waals surface area contributed by atoms with Gasteiger partial charge in [0, 0.05) is 12.1 Å². The second kappa shape index (κ2) is 13.9. The van der Waals surface area contributed by atoms with Crippen molar-refractivity contribution >= 4 is 50.6 Å². The Bertz CT molecular complexity index is 1380. The number of halogens is 1. The summed E-state index contributed by atoms with van der Waals surface area (Å²) in [6.07, 6.45) is -1.28. The summed E-state index contributed by atoms with van der Waals surface area (Å²) < 4.78 is 23.4. The van der Waals surface area contributed by atoms with Crippen LogP contribution in [0.3, 0.4) is 0 Å². The van der Waals surface area contributed by atoms with Gasteiger partial charge in [-0.15, -0.1) is 0 Å². The van der Waals surface area contributed by atoms with E-state index in [1.165, 1.54) is 31.2 Å². The molecule has 4 atom stereocenters. The van der Waals surface area contributed by atoms with Gasteiger partial charge in [0.15, 0.2) is 16.7 Å². The Morgan fingerprint density at radius 2 is 1.74 bits per heavy atom. The van der Waals surface area contributed by atoms with Crippen molar-refractivity contribution < 1.29 is 38.1 Å². The summed E-state index contributed by atoms with van der Waals surface area (Å²) in [5.41, 5.74) is 2.35. The second-order valence-electron chi connectivity index (χ2n) is 10.6. The molecule has 1 aliphatic rings. The number of carbonyl (C=O) groups excluding carboxylic acids is 4. The van der Waals surface area contributed by atoms with Crippen molar-refractivity contribution in [1.82, 2.24) is 15.3 Å². The molecule has 1 N–H and O–H groups in total. The molecule has 1 aliphatic heterocycles. The molecule has 43 heavy (non-hydrogen) atoms. The third kappa shape index (κ3) is 8.46. The molecular weight excluding hydrogens is 604 g/mol. The average Bonchev–Trinajstić information content (AvgIpc) is 2.91. The number of amides is 3. The monoisotopic (exact) mass is 634 g/mol. The van der Waals surface area contributed by atoms with Gasteiger partial charge in [-0.3, -0.25) is 24.6 Å². The molecule has 3 rings (SSSR count). The second-order valence-corrected chi connectivity index (χ2v) is 12.5. The first-order valence-corrected chi connectivity index (χ1v) is 14.9. The maximum Gasteiger partial charge on any atom is 0.426 e. The molecule has 1 saturated heterocycles. The molecule has 2 aromatic carbocycles. The molecule has 0 saturated carbocycles. The first-order valence-electron chi connectivity index (χ1n) is 12.9. The number of rotatable bonds is 10. The van der Waals surface area contributed by atoms with Crippen molar-refractivity contribution in [3.8, 4) is 0 Å². The molecule has 0 aromatic heterocycles. The fraction of sp³-hybridized carbons (Fsp3) is 0.357. The van der Waals surface area contributed by atoms with E-state index in [0.717, 1.165) is 9.91 Å². The Morgan fingerprint density at radius 3 is 2.26 bits per heavy atom. The third-order valence-electron chi connectivity index (χ3n) is 6.09. The summed E-state index contributed by atoms with van der Waals surface area (Å²) in [7, 11) is 3.67. The summed E-state index contributed by atoms with van der Waals surface area (Å²) in [5.74, 6) is -2.52. The molecule has 1 heterocycles. The van der Waals surface area contributed by atoms with Gasteiger partial charge in [-0.1, -0.05) is 36.9 Å². The number of likely N-dealkylation sites (tertiary alicyclic amines) is 1. The number of esters is 1. The fourth-order valence-electron chi connectivity index (χ4n) is 4.21. The summed E-state index contributed by atoms with van der Waals surface area (Å²) >= 11 is 0. The Morgan fingerprint density at radius 1 is 1.14 bits per heavy atom. The molecule has 0 spiro atoms. The van der Waals surface area contributed by atoms with E-state index in [2.05, 4.69) is 12.0 Å². The number of nitrogens with zero attached hydrogens (tertiary/aromatic N) is 3. The first kappa shape index (κ1) is 33.4. The predicted octanol–water partition coefficient (Wildman–Crippen LogP) is 3.53. The number of ether oxygens (including phenoxy) is 2. The molecule has 13 nitrogen and oxygen atoms in total. The minimum absolute atomic E-state index is 0.147. The molecule has 0 bridgehead atoms. The van der Waals surface area contributed by atoms with Crippen molar-refractivity contribution in [2.75, 3.05) is 0 Å². The third-order valence-corrected chi connectivity index (χ3v) is 7.51. The summed E-state index contributed by atoms with van der Waals surface area (Å²) in [6.45, 7) is 9.74. The van der Waals surface area contributed by atoms with Crippen LogP contribution in [0.1, 0.15) is 38.8 Å². The highest BCUT2D eigenvalue weighted by Crippen LogP contribution is 2.35. The summed E-state index contributed by atoms with van der Waals surface area (Å²) in [5, 5.41) is 10.2. The largest absolute Gasteiger partial charge is 0.597 e. The zero-order chi connectivity index (χ0) is 32.1. The van der Waals surface area contributed by atoms with Gasteiger partial charge in [-0.05, 0) is 56.5 Å². The molecule has 0 aliphatic carbocycles. The number of carbonyl (C=O) groups is 4. The minimum Gasteiger partial charge on any atom is -0.597 e. The van der Waals surface area contributed by atoms with Crippen LogP contribution in [0.15, 0.2) is 66.7 Å². The number of non-ortho nitro benzene ring substituents is 1. The van der Waals surface area contributed by atoms with E-state index >= 15 is 0 Å². The Kier molecular flexibility index (Phi) is 10.8. The van der Waals surface area contributed by atoms with Crippen molar-refractivity contribution in [3.63, 3.8) is 0 Å². The predicted molar refractivity (Wildman–Crippen MR) is 156 cm³/mol. The van der Waals surface area contributed by atoms with Crippen LogP contribution < -0.4 is 5.43 Å². The number of β-lactam (4-membered cyclic amide) rings is 1. The Balaban J connectivity index is 1.86. The lowest BCUT2D eigenvalue weighted by Gasteiger charge is -2.50. The van der Waals surface area contributed by atoms with Crippen LogP contribution in [0.5, 0.6) is 0 Å². The van der Waals surface area contributed by atoms with Gasteiger partial charge in [0.05, 0.1) is 21.7 Å². The normalized spacial score (nSPS) is 17.6. The van der Waals surface area contributed by atoms with E-state index in [9.17, 15) is 33.8 Å². The van der Waals surface area contributed by atoms with E-state index in [0.29, 0.717) is 11.1 Å². The molecule has 2 aromatic rings. The van der Waals surface area contributed by atoms with Gasteiger partial charge in [0.2, 0.25) is 17.3 Å². The van der Waals surface area contributed by atoms with Gasteiger partial charge in [-0.2, -0.15) is 0 Å². The minimum atomic E-state index is -2.34. The van der Waals surface area contributed by atoms with Gasteiger partial charge in [0.1, 0.15) is 12.2 Å². The van der Waals surface area contributed by atoms with Crippen LogP contribution in [-0.2, 0) is 47.3 Å². The van der Waals surface area contributed by atoms with E-state index in [-0.39, 0.29) is 24.3 Å². The summed E-state index contributed by atoms with van der Waals surface area (Å²) in [6, 6.07) is 10.8. The molecule has 15 heteroatoms. The number of nitrogens with one attached hydrogen (secondary N) is 1. The van der Waals surface area contributed by atoms with Crippen molar-refractivity contribution in [2.45, 2.75) is 63.8 Å². The highest BCUT2D eigenvalue weighted by atomic mass is 35.7. The highest BCUT2D eigenvalue weighted by molar-refractivity contribution is 8.14. The topological polar surface area (TPSA) is 171 Å². The van der Waals surface area contributed by atoms with Crippen LogP contribution >= 0.6 is 10.7 Å². The SMILES string of the molecule is C=C(C)C(C(=O)OCc1ccc([N+](=O)[O-])cc1)N1C(=O)C(N(NC(=O)OC(C)(C)C)C(=O)Cc2ccccc2)C1[S+]([O-])Cl. The Hall–Kier alpha value is -4.14. The molecule has 1 fully saturated rings. The van der Waals surface area contributed by atoms with Crippen LogP contribution in [0.4, 0.5) is 10.5 Å². The number of hydrogen-bond acceptors (Lipinski definition) is 9. The molecule has 230 valence electrons. The Labute approximate surface area is 255 Å². The van der Waals surface area contributed by atoms with Crippen LogP contribution in [-0.4, -0.2) is 66.3 Å². The quantitative estimate of drug-likeness (QED) is 0.102. The van der Waals surface area contributed by atoms with E-state index in [1.54, 1.807) is 51.1 Å². The van der Waals surface area contributed by atoms with Crippen molar-refractivity contribution in [3.05, 3.63) is 88.0 Å². The highest BCUT2D eigenvalue weighted by Gasteiger charge is 2.63. The van der Waals surface area contributed by atoms with Gasteiger partial charge < -0.3 is 14.0 Å². The lowest BCUT2D eigenvalue weighted by molar-refractivity contribution is -0.384. The van der Waals surface area contributed by atoms with Gasteiger partial charge in [0.25, 0.3) is 11.6 Å². The maximum absolute atomic E-state index is 13.6. The van der Waals surface area contributed by atoms with Crippen molar-refractivity contribution in [2.24, 2.45) is 0 Å². The molecule has 3 amide bonds. The molecule has 4 unspecified atom stereocenters. The fourth-order valence-corrected chi connectivity index (χ4v) is 5.61. The van der Waals surface area contributed by atoms with Gasteiger partial charge in [-0.25, -0.2) is 20.0 Å².